The molecule has 1 aliphatic rings. The Balaban J connectivity index is 1.80. The number of hydrogen-bond donors (Lipinski definition) is 1. The average molecular weight is 343 g/mol. The maximum Gasteiger partial charge on any atom is 0.223 e. The van der Waals surface area contributed by atoms with Gasteiger partial charge in [-0.1, -0.05) is 42.6 Å². The van der Waals surface area contributed by atoms with E-state index in [1.807, 2.05) is 24.3 Å². The molecule has 0 unspecified atom stereocenters. The lowest BCUT2D eigenvalue weighted by atomic mass is 9.86. The maximum atomic E-state index is 12.6. The van der Waals surface area contributed by atoms with Crippen molar-refractivity contribution in [2.75, 3.05) is 7.11 Å². The van der Waals surface area contributed by atoms with Crippen molar-refractivity contribution < 1.29 is 14.1 Å². The molecule has 0 radical (unpaired) electrons. The number of aromatic nitrogens is 2. The minimum absolute atomic E-state index is 0.0188. The number of carbonyl (C=O) groups excluding carboxylic acids is 1. The summed E-state index contributed by atoms with van der Waals surface area (Å²) in [4.78, 5) is 17.0. The lowest BCUT2D eigenvalue weighted by Gasteiger charge is -2.23. The summed E-state index contributed by atoms with van der Waals surface area (Å²) in [6, 6.07) is 7.10. The summed E-state index contributed by atoms with van der Waals surface area (Å²) in [6.07, 6.45) is 6.53. The summed E-state index contributed by atoms with van der Waals surface area (Å²) in [5.41, 5.74) is 0.822. The molecule has 1 aromatic heterocycles. The van der Waals surface area contributed by atoms with Crippen molar-refractivity contribution in [1.82, 2.24) is 15.5 Å². The zero-order valence-corrected chi connectivity index (χ0v) is 14.8. The monoisotopic (exact) mass is 343 g/mol. The third-order valence-electron chi connectivity index (χ3n) is 4.76. The summed E-state index contributed by atoms with van der Waals surface area (Å²) in [6.45, 7) is 1.74. The molecule has 134 valence electrons. The molecule has 6 heteroatoms. The van der Waals surface area contributed by atoms with Gasteiger partial charge in [0.05, 0.1) is 7.11 Å². The standard InChI is InChI=1S/C19H25N3O3/c1-13-20-19(22-25-13)18(15-10-6-7-11-16(15)24-2)21-17(23)12-14-8-4-3-5-9-14/h6-7,10-11,14,18H,3-5,8-9,12H2,1-2H3,(H,21,23)/t18-/m1/s1. The quantitative estimate of drug-likeness (QED) is 0.868. The van der Waals surface area contributed by atoms with E-state index in [1.165, 1.54) is 19.3 Å². The fourth-order valence-electron chi connectivity index (χ4n) is 3.49. The van der Waals surface area contributed by atoms with Gasteiger partial charge in [0.25, 0.3) is 0 Å². The number of rotatable bonds is 6. The van der Waals surface area contributed by atoms with Crippen molar-refractivity contribution in [3.8, 4) is 5.75 Å². The molecule has 1 N–H and O–H groups in total. The van der Waals surface area contributed by atoms with Crippen LogP contribution in [-0.4, -0.2) is 23.2 Å². The van der Waals surface area contributed by atoms with Crippen LogP contribution in [0, 0.1) is 12.8 Å². The number of nitrogens with zero attached hydrogens (tertiary/aromatic N) is 2. The second kappa shape index (κ2) is 8.14. The van der Waals surface area contributed by atoms with Crippen LogP contribution in [-0.2, 0) is 4.79 Å². The molecule has 1 aromatic carbocycles. The van der Waals surface area contributed by atoms with E-state index < -0.39 is 6.04 Å². The van der Waals surface area contributed by atoms with Crippen molar-refractivity contribution in [3.05, 3.63) is 41.5 Å². The Bertz CT molecular complexity index is 707. The highest BCUT2D eigenvalue weighted by molar-refractivity contribution is 5.77. The highest BCUT2D eigenvalue weighted by Crippen LogP contribution is 2.30. The zero-order valence-electron chi connectivity index (χ0n) is 14.8. The Hall–Kier alpha value is -2.37. The number of ether oxygens (including phenoxy) is 1. The van der Waals surface area contributed by atoms with E-state index in [2.05, 4.69) is 15.5 Å². The lowest BCUT2D eigenvalue weighted by Crippen LogP contribution is -2.32. The molecule has 25 heavy (non-hydrogen) atoms. The third kappa shape index (κ3) is 4.38. The van der Waals surface area contributed by atoms with Gasteiger partial charge >= 0.3 is 0 Å². The second-order valence-electron chi connectivity index (χ2n) is 6.62. The Morgan fingerprint density at radius 2 is 2.08 bits per heavy atom. The highest BCUT2D eigenvalue weighted by atomic mass is 16.5. The van der Waals surface area contributed by atoms with E-state index in [-0.39, 0.29) is 5.91 Å². The molecule has 0 saturated heterocycles. The molecule has 1 amide bonds. The molecule has 1 heterocycles. The molecule has 1 aliphatic carbocycles. The van der Waals surface area contributed by atoms with Gasteiger partial charge in [0, 0.05) is 18.9 Å². The number of benzene rings is 1. The van der Waals surface area contributed by atoms with Crippen molar-refractivity contribution in [1.29, 1.82) is 0 Å². The van der Waals surface area contributed by atoms with Crippen molar-refractivity contribution >= 4 is 5.91 Å². The van der Waals surface area contributed by atoms with Gasteiger partial charge in [0.15, 0.2) is 5.82 Å². The Morgan fingerprint density at radius 1 is 1.32 bits per heavy atom. The molecule has 1 fully saturated rings. The summed E-state index contributed by atoms with van der Waals surface area (Å²) in [7, 11) is 1.61. The Morgan fingerprint density at radius 3 is 2.76 bits per heavy atom. The molecule has 0 aliphatic heterocycles. The lowest BCUT2D eigenvalue weighted by molar-refractivity contribution is -0.122. The molecule has 6 nitrogen and oxygen atoms in total. The SMILES string of the molecule is COc1ccccc1[C@@H](NC(=O)CC1CCCCC1)c1noc(C)n1. The van der Waals surface area contributed by atoms with Gasteiger partial charge in [-0.15, -0.1) is 0 Å². The first kappa shape index (κ1) is 17.5. The van der Waals surface area contributed by atoms with Crippen LogP contribution in [0.4, 0.5) is 0 Å². The number of aryl methyl sites for hydroxylation is 1. The number of para-hydroxylation sites is 1. The number of hydrogen-bond acceptors (Lipinski definition) is 5. The first-order valence-corrected chi connectivity index (χ1v) is 8.90. The molecule has 0 spiro atoms. The first-order valence-electron chi connectivity index (χ1n) is 8.90. The van der Waals surface area contributed by atoms with Crippen LogP contribution in [0.25, 0.3) is 0 Å². The zero-order chi connectivity index (χ0) is 17.6. The van der Waals surface area contributed by atoms with Crippen LogP contribution < -0.4 is 10.1 Å². The minimum atomic E-state index is -0.482. The molecule has 1 atom stereocenters. The van der Waals surface area contributed by atoms with Gasteiger partial charge < -0.3 is 14.6 Å². The largest absolute Gasteiger partial charge is 0.496 e. The molecule has 0 bridgehead atoms. The van der Waals surface area contributed by atoms with Crippen LogP contribution in [0.3, 0.4) is 0 Å². The normalized spacial score (nSPS) is 16.4. The predicted octanol–water partition coefficient (Wildman–Crippen LogP) is 3.56. The van der Waals surface area contributed by atoms with Gasteiger partial charge in [0.1, 0.15) is 11.8 Å². The van der Waals surface area contributed by atoms with E-state index >= 15 is 0 Å². The smallest absolute Gasteiger partial charge is 0.223 e. The van der Waals surface area contributed by atoms with Crippen molar-refractivity contribution in [2.24, 2.45) is 5.92 Å². The number of methoxy groups -OCH3 is 1. The third-order valence-corrected chi connectivity index (χ3v) is 4.76. The van der Waals surface area contributed by atoms with Gasteiger partial charge in [-0.05, 0) is 24.8 Å². The minimum Gasteiger partial charge on any atom is -0.496 e. The Kier molecular flexibility index (Phi) is 5.68. The molecule has 2 aromatic rings. The van der Waals surface area contributed by atoms with Crippen molar-refractivity contribution in [3.63, 3.8) is 0 Å². The fraction of sp³-hybridized carbons (Fsp3) is 0.526. The highest BCUT2D eigenvalue weighted by Gasteiger charge is 2.26. The summed E-state index contributed by atoms with van der Waals surface area (Å²) >= 11 is 0. The van der Waals surface area contributed by atoms with Gasteiger partial charge in [-0.2, -0.15) is 4.98 Å². The fourth-order valence-corrected chi connectivity index (χ4v) is 3.49. The molecule has 1 saturated carbocycles. The first-order chi connectivity index (χ1) is 12.2. The van der Waals surface area contributed by atoms with E-state index in [4.69, 9.17) is 9.26 Å². The molecular weight excluding hydrogens is 318 g/mol. The van der Waals surface area contributed by atoms with Crippen LogP contribution in [0.5, 0.6) is 5.75 Å². The number of carbonyl (C=O) groups is 1. The van der Waals surface area contributed by atoms with E-state index in [9.17, 15) is 4.79 Å². The average Bonchev–Trinajstić information content (AvgIpc) is 3.06. The van der Waals surface area contributed by atoms with E-state index in [0.29, 0.717) is 29.8 Å². The van der Waals surface area contributed by atoms with E-state index in [0.717, 1.165) is 18.4 Å². The summed E-state index contributed by atoms with van der Waals surface area (Å²) < 4.78 is 10.6. The summed E-state index contributed by atoms with van der Waals surface area (Å²) in [5.74, 6) is 2.09. The second-order valence-corrected chi connectivity index (χ2v) is 6.62. The van der Waals surface area contributed by atoms with Crippen molar-refractivity contribution in [2.45, 2.75) is 51.5 Å². The topological polar surface area (TPSA) is 77.2 Å². The van der Waals surface area contributed by atoms with Gasteiger partial charge in [-0.3, -0.25) is 4.79 Å². The van der Waals surface area contributed by atoms with Crippen LogP contribution in [0.2, 0.25) is 0 Å². The van der Waals surface area contributed by atoms with Crippen LogP contribution in [0.15, 0.2) is 28.8 Å². The summed E-state index contributed by atoms with van der Waals surface area (Å²) in [5, 5.41) is 7.09. The number of nitrogens with one attached hydrogen (secondary N) is 1. The van der Waals surface area contributed by atoms with Gasteiger partial charge in [-0.25, -0.2) is 0 Å². The molecular formula is C19H25N3O3. The van der Waals surface area contributed by atoms with Crippen LogP contribution in [0.1, 0.15) is 61.8 Å². The maximum absolute atomic E-state index is 12.6. The van der Waals surface area contributed by atoms with Crippen LogP contribution >= 0.6 is 0 Å². The molecule has 3 rings (SSSR count). The van der Waals surface area contributed by atoms with Gasteiger partial charge in [0.2, 0.25) is 11.8 Å². The number of amides is 1. The Labute approximate surface area is 148 Å². The van der Waals surface area contributed by atoms with E-state index in [1.54, 1.807) is 14.0 Å². The predicted molar refractivity (Wildman–Crippen MR) is 93.2 cm³/mol.